The molecule has 0 atom stereocenters. The smallest absolute Gasteiger partial charge is 0.118 e. The maximum absolute atomic E-state index is 5.90. The van der Waals surface area contributed by atoms with E-state index in [1.807, 2.05) is 0 Å². The SMILES string of the molecule is CCN(Cc1cc(CNCC(C)C)c(C)o1)CC(C)C. The summed E-state index contributed by atoms with van der Waals surface area (Å²) in [7, 11) is 0. The van der Waals surface area contributed by atoms with Crippen molar-refractivity contribution >= 4 is 0 Å². The van der Waals surface area contributed by atoms with Crippen molar-refractivity contribution in [3.05, 3.63) is 23.2 Å². The lowest BCUT2D eigenvalue weighted by molar-refractivity contribution is 0.228. The Labute approximate surface area is 124 Å². The molecule has 1 aromatic rings. The predicted octanol–water partition coefficient (Wildman–Crippen LogP) is 3.81. The van der Waals surface area contributed by atoms with Crippen molar-refractivity contribution in [3.8, 4) is 0 Å². The maximum Gasteiger partial charge on any atom is 0.118 e. The van der Waals surface area contributed by atoms with Crippen LogP contribution in [-0.2, 0) is 13.1 Å². The molecule has 0 saturated carbocycles. The molecule has 0 spiro atoms. The van der Waals surface area contributed by atoms with Gasteiger partial charge < -0.3 is 9.73 Å². The third kappa shape index (κ3) is 6.10. The minimum absolute atomic E-state index is 0.684. The molecule has 3 nitrogen and oxygen atoms in total. The third-order valence-corrected chi connectivity index (χ3v) is 3.39. The van der Waals surface area contributed by atoms with Crippen LogP contribution in [0.2, 0.25) is 0 Å². The van der Waals surface area contributed by atoms with E-state index in [9.17, 15) is 0 Å². The molecule has 0 saturated heterocycles. The topological polar surface area (TPSA) is 28.4 Å². The molecule has 1 aromatic heterocycles. The molecular formula is C17H32N2O. The molecular weight excluding hydrogens is 248 g/mol. The Balaban J connectivity index is 2.55. The van der Waals surface area contributed by atoms with Crippen molar-refractivity contribution in [3.63, 3.8) is 0 Å². The van der Waals surface area contributed by atoms with Gasteiger partial charge in [0.25, 0.3) is 0 Å². The van der Waals surface area contributed by atoms with E-state index in [0.717, 1.165) is 44.2 Å². The lowest BCUT2D eigenvalue weighted by Gasteiger charge is -2.21. The fourth-order valence-electron chi connectivity index (χ4n) is 2.38. The van der Waals surface area contributed by atoms with Crippen molar-refractivity contribution in [1.29, 1.82) is 0 Å². The van der Waals surface area contributed by atoms with Gasteiger partial charge >= 0.3 is 0 Å². The summed E-state index contributed by atoms with van der Waals surface area (Å²) in [6.45, 7) is 18.3. The molecule has 1 heterocycles. The summed E-state index contributed by atoms with van der Waals surface area (Å²) in [5.41, 5.74) is 1.29. The van der Waals surface area contributed by atoms with Gasteiger partial charge in [-0.1, -0.05) is 34.6 Å². The van der Waals surface area contributed by atoms with E-state index < -0.39 is 0 Å². The fraction of sp³-hybridized carbons (Fsp3) is 0.765. The zero-order chi connectivity index (χ0) is 15.1. The summed E-state index contributed by atoms with van der Waals surface area (Å²) in [5, 5.41) is 3.48. The first-order valence-electron chi connectivity index (χ1n) is 7.93. The molecule has 0 aliphatic rings. The summed E-state index contributed by atoms with van der Waals surface area (Å²) in [6.07, 6.45) is 0. The van der Waals surface area contributed by atoms with Crippen molar-refractivity contribution in [2.24, 2.45) is 11.8 Å². The summed E-state index contributed by atoms with van der Waals surface area (Å²) >= 11 is 0. The van der Waals surface area contributed by atoms with Crippen LogP contribution in [0.4, 0.5) is 0 Å². The van der Waals surface area contributed by atoms with Gasteiger partial charge in [-0.05, 0) is 37.9 Å². The van der Waals surface area contributed by atoms with E-state index in [-0.39, 0.29) is 0 Å². The Bertz CT molecular complexity index is 382. The molecule has 0 aliphatic carbocycles. The van der Waals surface area contributed by atoms with Crippen molar-refractivity contribution in [2.45, 2.75) is 54.6 Å². The highest BCUT2D eigenvalue weighted by molar-refractivity contribution is 5.20. The van der Waals surface area contributed by atoms with E-state index in [1.165, 1.54) is 5.56 Å². The van der Waals surface area contributed by atoms with Gasteiger partial charge in [0.15, 0.2) is 0 Å². The Morgan fingerprint density at radius 2 is 1.90 bits per heavy atom. The Morgan fingerprint density at radius 3 is 2.45 bits per heavy atom. The first kappa shape index (κ1) is 17.3. The monoisotopic (exact) mass is 280 g/mol. The number of nitrogens with one attached hydrogen (secondary N) is 1. The van der Waals surface area contributed by atoms with E-state index in [4.69, 9.17) is 4.42 Å². The van der Waals surface area contributed by atoms with Crippen LogP contribution in [0, 0.1) is 18.8 Å². The number of hydrogen-bond acceptors (Lipinski definition) is 3. The second-order valence-electron chi connectivity index (χ2n) is 6.54. The fourth-order valence-corrected chi connectivity index (χ4v) is 2.38. The standard InChI is InChI=1S/C17H32N2O/c1-7-19(11-14(4)5)12-17-8-16(15(6)20-17)10-18-9-13(2)3/h8,13-14,18H,7,9-12H2,1-6H3. The van der Waals surface area contributed by atoms with Crippen LogP contribution in [0.3, 0.4) is 0 Å². The third-order valence-electron chi connectivity index (χ3n) is 3.39. The molecule has 3 heteroatoms. The molecule has 1 rings (SSSR count). The average Bonchev–Trinajstić information content (AvgIpc) is 2.68. The summed E-state index contributed by atoms with van der Waals surface area (Å²) in [5.74, 6) is 3.52. The number of rotatable bonds is 9. The summed E-state index contributed by atoms with van der Waals surface area (Å²) in [6, 6.07) is 2.21. The Morgan fingerprint density at radius 1 is 1.20 bits per heavy atom. The molecule has 20 heavy (non-hydrogen) atoms. The molecule has 0 radical (unpaired) electrons. The van der Waals surface area contributed by atoms with Gasteiger partial charge in [-0.25, -0.2) is 0 Å². The average molecular weight is 280 g/mol. The zero-order valence-electron chi connectivity index (χ0n) is 14.1. The van der Waals surface area contributed by atoms with Gasteiger partial charge in [-0.2, -0.15) is 0 Å². The zero-order valence-corrected chi connectivity index (χ0v) is 14.1. The lowest BCUT2D eigenvalue weighted by Crippen LogP contribution is -2.26. The molecule has 0 amide bonds. The molecule has 0 fully saturated rings. The molecule has 0 unspecified atom stereocenters. The summed E-state index contributed by atoms with van der Waals surface area (Å²) in [4.78, 5) is 2.44. The van der Waals surface area contributed by atoms with Gasteiger partial charge in [0.1, 0.15) is 11.5 Å². The molecule has 0 aromatic carbocycles. The van der Waals surface area contributed by atoms with Crippen molar-refractivity contribution in [2.75, 3.05) is 19.6 Å². The quantitative estimate of drug-likeness (QED) is 0.745. The second-order valence-corrected chi connectivity index (χ2v) is 6.54. The van der Waals surface area contributed by atoms with E-state index in [0.29, 0.717) is 11.8 Å². The number of hydrogen-bond donors (Lipinski definition) is 1. The van der Waals surface area contributed by atoms with Crippen molar-refractivity contribution in [1.82, 2.24) is 10.2 Å². The van der Waals surface area contributed by atoms with E-state index in [1.54, 1.807) is 0 Å². The Kier molecular flexibility index (Phi) is 7.31. The van der Waals surface area contributed by atoms with Crippen LogP contribution >= 0.6 is 0 Å². The van der Waals surface area contributed by atoms with Crippen LogP contribution in [0.1, 0.15) is 51.7 Å². The lowest BCUT2D eigenvalue weighted by atomic mass is 10.2. The molecule has 0 aliphatic heterocycles. The van der Waals surface area contributed by atoms with E-state index >= 15 is 0 Å². The molecule has 0 bridgehead atoms. The van der Waals surface area contributed by atoms with Gasteiger partial charge in [0.2, 0.25) is 0 Å². The number of furan rings is 1. The first-order valence-corrected chi connectivity index (χ1v) is 7.93. The number of aryl methyl sites for hydroxylation is 1. The summed E-state index contributed by atoms with van der Waals surface area (Å²) < 4.78 is 5.90. The minimum atomic E-state index is 0.684. The normalized spacial score (nSPS) is 12.1. The Hall–Kier alpha value is -0.800. The van der Waals surface area contributed by atoms with Gasteiger partial charge in [0.05, 0.1) is 6.54 Å². The van der Waals surface area contributed by atoms with Crippen LogP contribution < -0.4 is 5.32 Å². The van der Waals surface area contributed by atoms with Crippen molar-refractivity contribution < 1.29 is 4.42 Å². The van der Waals surface area contributed by atoms with Crippen LogP contribution in [0.5, 0.6) is 0 Å². The highest BCUT2D eigenvalue weighted by Crippen LogP contribution is 2.17. The molecule has 1 N–H and O–H groups in total. The van der Waals surface area contributed by atoms with Crippen LogP contribution in [0.15, 0.2) is 10.5 Å². The minimum Gasteiger partial charge on any atom is -0.465 e. The van der Waals surface area contributed by atoms with Crippen LogP contribution in [0.25, 0.3) is 0 Å². The highest BCUT2D eigenvalue weighted by Gasteiger charge is 2.12. The van der Waals surface area contributed by atoms with Gasteiger partial charge in [-0.15, -0.1) is 0 Å². The largest absolute Gasteiger partial charge is 0.465 e. The molecule has 116 valence electrons. The second kappa shape index (κ2) is 8.48. The maximum atomic E-state index is 5.90. The predicted molar refractivity (Wildman–Crippen MR) is 85.8 cm³/mol. The van der Waals surface area contributed by atoms with E-state index in [2.05, 4.69) is 57.8 Å². The van der Waals surface area contributed by atoms with Gasteiger partial charge in [-0.3, -0.25) is 4.90 Å². The van der Waals surface area contributed by atoms with Crippen LogP contribution in [-0.4, -0.2) is 24.5 Å². The first-order chi connectivity index (χ1) is 9.42. The highest BCUT2D eigenvalue weighted by atomic mass is 16.3. The number of nitrogens with zero attached hydrogens (tertiary/aromatic N) is 1. The van der Waals surface area contributed by atoms with Gasteiger partial charge in [0, 0.05) is 18.7 Å².